The van der Waals surface area contributed by atoms with Gasteiger partial charge in [-0.2, -0.15) is 0 Å². The molecule has 2 rings (SSSR count). The number of carbonyl (C=O) groups excluding carboxylic acids is 1. The van der Waals surface area contributed by atoms with E-state index in [4.69, 9.17) is 0 Å². The quantitative estimate of drug-likeness (QED) is 0.835. The number of hydrogen-bond donors (Lipinski definition) is 2. The summed E-state index contributed by atoms with van der Waals surface area (Å²) in [5.74, 6) is 0.152. The van der Waals surface area contributed by atoms with E-state index in [1.807, 2.05) is 44.2 Å². The highest BCUT2D eigenvalue weighted by molar-refractivity contribution is 5.83. The van der Waals surface area contributed by atoms with Crippen LogP contribution >= 0.6 is 0 Å². The lowest BCUT2D eigenvalue weighted by molar-refractivity contribution is -0.129. The molecule has 1 fully saturated rings. The molecular weight excluding hydrogens is 212 g/mol. The Morgan fingerprint density at radius 2 is 2.12 bits per heavy atom. The summed E-state index contributed by atoms with van der Waals surface area (Å²) in [6, 6.07) is 10.1. The highest BCUT2D eigenvalue weighted by atomic mass is 16.2. The van der Waals surface area contributed by atoms with Gasteiger partial charge >= 0.3 is 0 Å². The van der Waals surface area contributed by atoms with Crippen LogP contribution in [0.1, 0.15) is 31.9 Å². The van der Waals surface area contributed by atoms with Crippen LogP contribution in [0.15, 0.2) is 30.3 Å². The Labute approximate surface area is 103 Å². The first kappa shape index (κ1) is 12.1. The van der Waals surface area contributed by atoms with E-state index < -0.39 is 0 Å². The molecule has 92 valence electrons. The van der Waals surface area contributed by atoms with Crippen molar-refractivity contribution in [3.63, 3.8) is 0 Å². The third-order valence-electron chi connectivity index (χ3n) is 3.56. The van der Waals surface area contributed by atoms with Gasteiger partial charge < -0.3 is 10.6 Å². The SMILES string of the molecule is CC(NC(=O)C1(C)CCNC1)c1ccccc1. The number of carbonyl (C=O) groups is 1. The topological polar surface area (TPSA) is 41.1 Å². The fourth-order valence-electron chi connectivity index (χ4n) is 2.21. The predicted molar refractivity (Wildman–Crippen MR) is 68.6 cm³/mol. The van der Waals surface area contributed by atoms with E-state index >= 15 is 0 Å². The molecule has 0 aliphatic carbocycles. The first-order valence-electron chi connectivity index (χ1n) is 6.18. The van der Waals surface area contributed by atoms with E-state index in [2.05, 4.69) is 10.6 Å². The molecule has 1 heterocycles. The van der Waals surface area contributed by atoms with Gasteiger partial charge in [0.2, 0.25) is 5.91 Å². The predicted octanol–water partition coefficient (Wildman–Crippen LogP) is 1.86. The van der Waals surface area contributed by atoms with E-state index in [-0.39, 0.29) is 17.4 Å². The van der Waals surface area contributed by atoms with E-state index in [9.17, 15) is 4.79 Å². The summed E-state index contributed by atoms with van der Waals surface area (Å²) in [5, 5.41) is 6.35. The average Bonchev–Trinajstić information content (AvgIpc) is 2.78. The van der Waals surface area contributed by atoms with Gasteiger partial charge in [0.1, 0.15) is 0 Å². The lowest BCUT2D eigenvalue weighted by atomic mass is 9.88. The molecule has 0 radical (unpaired) electrons. The Bertz CT molecular complexity index is 382. The van der Waals surface area contributed by atoms with Crippen molar-refractivity contribution in [3.8, 4) is 0 Å². The number of amides is 1. The fourth-order valence-corrected chi connectivity index (χ4v) is 2.21. The molecule has 2 N–H and O–H groups in total. The van der Waals surface area contributed by atoms with Crippen molar-refractivity contribution >= 4 is 5.91 Å². The fraction of sp³-hybridized carbons (Fsp3) is 0.500. The zero-order valence-corrected chi connectivity index (χ0v) is 10.5. The maximum atomic E-state index is 12.2. The normalized spacial score (nSPS) is 25.5. The highest BCUT2D eigenvalue weighted by Crippen LogP contribution is 2.25. The summed E-state index contributed by atoms with van der Waals surface area (Å²) in [7, 11) is 0. The second-order valence-corrected chi connectivity index (χ2v) is 5.09. The Hall–Kier alpha value is -1.35. The van der Waals surface area contributed by atoms with Gasteiger partial charge in [-0.15, -0.1) is 0 Å². The standard InChI is InChI=1S/C14H20N2O/c1-11(12-6-4-3-5-7-12)16-13(17)14(2)8-9-15-10-14/h3-7,11,15H,8-10H2,1-2H3,(H,16,17). The largest absolute Gasteiger partial charge is 0.349 e. The summed E-state index contributed by atoms with van der Waals surface area (Å²) >= 11 is 0. The Kier molecular flexibility index (Phi) is 3.48. The molecular formula is C14H20N2O. The monoisotopic (exact) mass is 232 g/mol. The number of benzene rings is 1. The van der Waals surface area contributed by atoms with Crippen molar-refractivity contribution < 1.29 is 4.79 Å². The molecule has 17 heavy (non-hydrogen) atoms. The van der Waals surface area contributed by atoms with Crippen molar-refractivity contribution in [1.82, 2.24) is 10.6 Å². The van der Waals surface area contributed by atoms with Gasteiger partial charge in [-0.25, -0.2) is 0 Å². The minimum atomic E-state index is -0.247. The molecule has 1 saturated heterocycles. The minimum Gasteiger partial charge on any atom is -0.349 e. The molecule has 0 saturated carbocycles. The molecule has 0 spiro atoms. The van der Waals surface area contributed by atoms with E-state index in [1.54, 1.807) is 0 Å². The van der Waals surface area contributed by atoms with Crippen LogP contribution in [0.4, 0.5) is 0 Å². The zero-order chi connectivity index (χ0) is 12.3. The van der Waals surface area contributed by atoms with Gasteiger partial charge in [0, 0.05) is 6.54 Å². The zero-order valence-electron chi connectivity index (χ0n) is 10.5. The first-order chi connectivity index (χ1) is 8.12. The second kappa shape index (κ2) is 4.88. The summed E-state index contributed by atoms with van der Waals surface area (Å²) < 4.78 is 0. The Morgan fingerprint density at radius 3 is 2.71 bits per heavy atom. The van der Waals surface area contributed by atoms with Crippen molar-refractivity contribution in [2.24, 2.45) is 5.41 Å². The molecule has 1 aliphatic rings. The first-order valence-corrected chi connectivity index (χ1v) is 6.18. The molecule has 3 heteroatoms. The van der Waals surface area contributed by atoms with Crippen LogP contribution in [0.5, 0.6) is 0 Å². The molecule has 3 nitrogen and oxygen atoms in total. The maximum Gasteiger partial charge on any atom is 0.227 e. The molecule has 1 aliphatic heterocycles. The van der Waals surface area contributed by atoms with Crippen LogP contribution in [0.2, 0.25) is 0 Å². The number of rotatable bonds is 3. The van der Waals surface area contributed by atoms with Gasteiger partial charge in [0.25, 0.3) is 0 Å². The van der Waals surface area contributed by atoms with Crippen LogP contribution < -0.4 is 10.6 Å². The van der Waals surface area contributed by atoms with Gasteiger partial charge in [-0.3, -0.25) is 4.79 Å². The molecule has 1 aromatic carbocycles. The Morgan fingerprint density at radius 1 is 1.41 bits per heavy atom. The lowest BCUT2D eigenvalue weighted by Gasteiger charge is -2.24. The van der Waals surface area contributed by atoms with Crippen molar-refractivity contribution in [1.29, 1.82) is 0 Å². The minimum absolute atomic E-state index is 0.0705. The molecule has 0 bridgehead atoms. The third-order valence-corrected chi connectivity index (χ3v) is 3.56. The number of nitrogens with one attached hydrogen (secondary N) is 2. The average molecular weight is 232 g/mol. The van der Waals surface area contributed by atoms with Gasteiger partial charge in [0.15, 0.2) is 0 Å². The van der Waals surface area contributed by atoms with Gasteiger partial charge in [0.05, 0.1) is 11.5 Å². The molecule has 0 aromatic heterocycles. The molecule has 1 amide bonds. The van der Waals surface area contributed by atoms with Crippen LogP contribution in [-0.2, 0) is 4.79 Å². The smallest absolute Gasteiger partial charge is 0.227 e. The summed E-state index contributed by atoms with van der Waals surface area (Å²) in [6.07, 6.45) is 0.917. The molecule has 1 aromatic rings. The van der Waals surface area contributed by atoms with Crippen molar-refractivity contribution in [2.75, 3.05) is 13.1 Å². The summed E-state index contributed by atoms with van der Waals surface area (Å²) in [5.41, 5.74) is 0.902. The van der Waals surface area contributed by atoms with Crippen LogP contribution in [-0.4, -0.2) is 19.0 Å². The van der Waals surface area contributed by atoms with Crippen LogP contribution in [0.3, 0.4) is 0 Å². The summed E-state index contributed by atoms with van der Waals surface area (Å²) in [6.45, 7) is 5.77. The van der Waals surface area contributed by atoms with Gasteiger partial charge in [-0.1, -0.05) is 30.3 Å². The third kappa shape index (κ3) is 2.67. The summed E-state index contributed by atoms with van der Waals surface area (Å²) in [4.78, 5) is 12.2. The van der Waals surface area contributed by atoms with Gasteiger partial charge in [-0.05, 0) is 32.4 Å². The second-order valence-electron chi connectivity index (χ2n) is 5.09. The van der Waals surface area contributed by atoms with Crippen molar-refractivity contribution in [3.05, 3.63) is 35.9 Å². The number of hydrogen-bond acceptors (Lipinski definition) is 2. The van der Waals surface area contributed by atoms with E-state index in [1.165, 1.54) is 0 Å². The Balaban J connectivity index is 1.99. The highest BCUT2D eigenvalue weighted by Gasteiger charge is 2.36. The maximum absolute atomic E-state index is 12.2. The van der Waals surface area contributed by atoms with Crippen LogP contribution in [0.25, 0.3) is 0 Å². The van der Waals surface area contributed by atoms with Crippen LogP contribution in [0, 0.1) is 5.41 Å². The van der Waals surface area contributed by atoms with Crippen molar-refractivity contribution in [2.45, 2.75) is 26.3 Å². The van der Waals surface area contributed by atoms with E-state index in [0.717, 1.165) is 25.1 Å². The molecule has 2 atom stereocenters. The molecule has 2 unspecified atom stereocenters. The lowest BCUT2D eigenvalue weighted by Crippen LogP contribution is -2.41. The van der Waals surface area contributed by atoms with E-state index in [0.29, 0.717) is 0 Å².